The van der Waals surface area contributed by atoms with E-state index in [1.54, 1.807) is 19.2 Å². The molecule has 1 heterocycles. The van der Waals surface area contributed by atoms with E-state index in [1.165, 1.54) is 19.2 Å². The van der Waals surface area contributed by atoms with E-state index in [0.29, 0.717) is 17.2 Å². The third-order valence-corrected chi connectivity index (χ3v) is 3.58. The Bertz CT molecular complexity index is 876. The maximum Gasteiger partial charge on any atom is 0.269 e. The molecule has 0 aliphatic carbocycles. The Labute approximate surface area is 132 Å². The Balaban J connectivity index is 2.28. The lowest BCUT2D eigenvalue weighted by molar-refractivity contribution is -0.384. The lowest BCUT2D eigenvalue weighted by Gasteiger charge is -2.15. The largest absolute Gasteiger partial charge is 0.495 e. The molecule has 0 fully saturated rings. The monoisotopic (exact) mass is 310 g/mol. The van der Waals surface area contributed by atoms with Crippen LogP contribution in [0.5, 0.6) is 11.6 Å². The minimum atomic E-state index is -0.434. The molecule has 0 bridgehead atoms. The van der Waals surface area contributed by atoms with Gasteiger partial charge in [-0.05, 0) is 29.8 Å². The van der Waals surface area contributed by atoms with Crippen molar-refractivity contribution in [2.45, 2.75) is 0 Å². The topological polar surface area (TPSA) is 74.5 Å². The molecule has 0 N–H and O–H groups in total. The van der Waals surface area contributed by atoms with Gasteiger partial charge in [-0.2, -0.15) is 0 Å². The Morgan fingerprint density at radius 1 is 1.00 bits per heavy atom. The van der Waals surface area contributed by atoms with Crippen molar-refractivity contribution in [3.63, 3.8) is 0 Å². The van der Waals surface area contributed by atoms with Gasteiger partial charge in [0.2, 0.25) is 5.88 Å². The van der Waals surface area contributed by atoms with Crippen molar-refractivity contribution in [2.24, 2.45) is 0 Å². The highest BCUT2D eigenvalue weighted by molar-refractivity contribution is 5.94. The van der Waals surface area contributed by atoms with Gasteiger partial charge in [-0.3, -0.25) is 10.1 Å². The number of nitro benzene ring substituents is 1. The zero-order valence-corrected chi connectivity index (χ0v) is 12.6. The van der Waals surface area contributed by atoms with Crippen LogP contribution in [0.1, 0.15) is 0 Å². The fraction of sp³-hybridized carbons (Fsp3) is 0.118. The number of pyridine rings is 1. The smallest absolute Gasteiger partial charge is 0.269 e. The summed E-state index contributed by atoms with van der Waals surface area (Å²) < 4.78 is 11.0. The fourth-order valence-electron chi connectivity index (χ4n) is 2.52. The van der Waals surface area contributed by atoms with Crippen LogP contribution < -0.4 is 9.47 Å². The summed E-state index contributed by atoms with van der Waals surface area (Å²) in [6.07, 6.45) is 0. The minimum Gasteiger partial charge on any atom is -0.495 e. The van der Waals surface area contributed by atoms with Crippen LogP contribution in [0.15, 0.2) is 48.5 Å². The molecule has 0 unspecified atom stereocenters. The van der Waals surface area contributed by atoms with Gasteiger partial charge in [-0.25, -0.2) is 4.98 Å². The summed E-state index contributed by atoms with van der Waals surface area (Å²) in [6, 6.07) is 13.8. The van der Waals surface area contributed by atoms with E-state index < -0.39 is 4.92 Å². The summed E-state index contributed by atoms with van der Waals surface area (Å²) in [5, 5.41) is 11.7. The van der Waals surface area contributed by atoms with Crippen LogP contribution in [0.2, 0.25) is 0 Å². The molecule has 0 atom stereocenters. The number of nitro groups is 1. The van der Waals surface area contributed by atoms with E-state index >= 15 is 0 Å². The maximum atomic E-state index is 10.8. The van der Waals surface area contributed by atoms with Crippen molar-refractivity contribution in [3.8, 4) is 22.8 Å². The molecule has 3 rings (SSSR count). The average Bonchev–Trinajstić information content (AvgIpc) is 2.60. The number of nitrogens with zero attached hydrogens (tertiary/aromatic N) is 2. The summed E-state index contributed by atoms with van der Waals surface area (Å²) in [5.41, 5.74) is 2.19. The second kappa shape index (κ2) is 5.92. The van der Waals surface area contributed by atoms with Gasteiger partial charge < -0.3 is 9.47 Å². The lowest BCUT2D eigenvalue weighted by Crippen LogP contribution is -1.98. The van der Waals surface area contributed by atoms with Crippen molar-refractivity contribution in [1.82, 2.24) is 4.98 Å². The summed E-state index contributed by atoms with van der Waals surface area (Å²) in [5.74, 6) is 1.04. The van der Waals surface area contributed by atoms with Gasteiger partial charge in [0.1, 0.15) is 5.75 Å². The Kier molecular flexibility index (Phi) is 3.80. The van der Waals surface area contributed by atoms with E-state index in [-0.39, 0.29) is 5.69 Å². The molecule has 3 aromatic rings. The van der Waals surface area contributed by atoms with Crippen LogP contribution in [-0.4, -0.2) is 24.1 Å². The first-order valence-corrected chi connectivity index (χ1v) is 6.91. The van der Waals surface area contributed by atoms with Crippen molar-refractivity contribution in [3.05, 3.63) is 58.6 Å². The van der Waals surface area contributed by atoms with E-state index in [9.17, 15) is 10.1 Å². The van der Waals surface area contributed by atoms with Crippen LogP contribution in [0.25, 0.3) is 22.0 Å². The highest BCUT2D eigenvalue weighted by atomic mass is 16.6. The SMILES string of the molecule is COc1nc2ccccc2c(OC)c1-c1ccc([N+](=O)[O-])cc1. The van der Waals surface area contributed by atoms with Gasteiger partial charge >= 0.3 is 0 Å². The standard InChI is InChI=1S/C17H14N2O4/c1-22-16-13-5-3-4-6-14(13)18-17(23-2)15(16)11-7-9-12(10-8-11)19(20)21/h3-10H,1-2H3. The summed E-state index contributed by atoms with van der Waals surface area (Å²) in [6.45, 7) is 0. The first kappa shape index (κ1) is 14.8. The molecule has 6 heteroatoms. The minimum absolute atomic E-state index is 0.0282. The molecule has 0 aliphatic heterocycles. The van der Waals surface area contributed by atoms with Crippen LogP contribution in [0, 0.1) is 10.1 Å². The van der Waals surface area contributed by atoms with E-state index in [1.807, 2.05) is 24.3 Å². The number of aromatic nitrogens is 1. The molecule has 0 aliphatic rings. The zero-order valence-electron chi connectivity index (χ0n) is 12.6. The van der Waals surface area contributed by atoms with Gasteiger partial charge in [0.15, 0.2) is 0 Å². The van der Waals surface area contributed by atoms with Crippen LogP contribution >= 0.6 is 0 Å². The second-order valence-corrected chi connectivity index (χ2v) is 4.85. The number of para-hydroxylation sites is 1. The number of non-ortho nitro benzene ring substituents is 1. The molecule has 1 aromatic heterocycles. The quantitative estimate of drug-likeness (QED) is 0.541. The lowest BCUT2D eigenvalue weighted by atomic mass is 10.0. The molecule has 0 saturated carbocycles. The second-order valence-electron chi connectivity index (χ2n) is 4.85. The van der Waals surface area contributed by atoms with Crippen molar-refractivity contribution >= 4 is 16.6 Å². The molecule has 0 saturated heterocycles. The summed E-state index contributed by atoms with van der Waals surface area (Å²) in [7, 11) is 3.11. The van der Waals surface area contributed by atoms with Gasteiger partial charge in [0, 0.05) is 17.5 Å². The van der Waals surface area contributed by atoms with Crippen LogP contribution in [-0.2, 0) is 0 Å². The van der Waals surface area contributed by atoms with Gasteiger partial charge in [-0.15, -0.1) is 0 Å². The Morgan fingerprint density at radius 2 is 1.70 bits per heavy atom. The number of hydrogen-bond donors (Lipinski definition) is 0. The molecule has 23 heavy (non-hydrogen) atoms. The van der Waals surface area contributed by atoms with Gasteiger partial charge in [-0.1, -0.05) is 12.1 Å². The average molecular weight is 310 g/mol. The number of hydrogen-bond acceptors (Lipinski definition) is 5. The number of methoxy groups -OCH3 is 2. The predicted molar refractivity (Wildman–Crippen MR) is 86.9 cm³/mol. The first-order valence-electron chi connectivity index (χ1n) is 6.91. The number of fused-ring (bicyclic) bond motifs is 1. The molecule has 2 aromatic carbocycles. The van der Waals surface area contributed by atoms with Crippen LogP contribution in [0.3, 0.4) is 0 Å². The Hall–Kier alpha value is -3.15. The highest BCUT2D eigenvalue weighted by Crippen LogP contribution is 2.42. The van der Waals surface area contributed by atoms with Crippen molar-refractivity contribution in [1.29, 1.82) is 0 Å². The number of benzene rings is 2. The highest BCUT2D eigenvalue weighted by Gasteiger charge is 2.19. The molecule has 0 radical (unpaired) electrons. The molecular formula is C17H14N2O4. The summed E-state index contributed by atoms with van der Waals surface area (Å²) in [4.78, 5) is 14.9. The van der Waals surface area contributed by atoms with E-state index in [0.717, 1.165) is 16.5 Å². The van der Waals surface area contributed by atoms with Crippen molar-refractivity contribution < 1.29 is 14.4 Å². The fourth-order valence-corrected chi connectivity index (χ4v) is 2.52. The molecular weight excluding hydrogens is 296 g/mol. The maximum absolute atomic E-state index is 10.8. The normalized spacial score (nSPS) is 10.5. The van der Waals surface area contributed by atoms with Crippen molar-refractivity contribution in [2.75, 3.05) is 14.2 Å². The van der Waals surface area contributed by atoms with E-state index in [2.05, 4.69) is 4.98 Å². The van der Waals surface area contributed by atoms with Crippen LogP contribution in [0.4, 0.5) is 5.69 Å². The van der Waals surface area contributed by atoms with Gasteiger partial charge in [0.25, 0.3) is 5.69 Å². The van der Waals surface area contributed by atoms with E-state index in [4.69, 9.17) is 9.47 Å². The molecule has 116 valence electrons. The van der Waals surface area contributed by atoms with Gasteiger partial charge in [0.05, 0.1) is 30.2 Å². The number of rotatable bonds is 4. The molecule has 6 nitrogen and oxygen atoms in total. The zero-order chi connectivity index (χ0) is 16.4. The third kappa shape index (κ3) is 2.55. The molecule has 0 spiro atoms. The first-order chi connectivity index (χ1) is 11.2. The molecule has 0 amide bonds. The number of ether oxygens (including phenoxy) is 2. The predicted octanol–water partition coefficient (Wildman–Crippen LogP) is 3.83. The third-order valence-electron chi connectivity index (χ3n) is 3.58. The Morgan fingerprint density at radius 3 is 2.30 bits per heavy atom. The summed E-state index contributed by atoms with van der Waals surface area (Å²) >= 11 is 0.